The van der Waals surface area contributed by atoms with Crippen molar-refractivity contribution in [2.45, 2.75) is 18.7 Å². The summed E-state index contributed by atoms with van der Waals surface area (Å²) in [6, 6.07) is 5.68. The monoisotopic (exact) mass is 356 g/mol. The number of benzene rings is 1. The standard InChI is InChI=1S/C13H18Cl2N2OS.ClH/c1-9(16-2)6-17-13(18)8-19-7-10-3-4-11(14)5-12(10)15;/h3-5,9,16H,6-8H2,1-2H3,(H,17,18);1H. The summed E-state index contributed by atoms with van der Waals surface area (Å²) in [5.74, 6) is 1.16. The van der Waals surface area contributed by atoms with Crippen LogP contribution in [0.25, 0.3) is 0 Å². The van der Waals surface area contributed by atoms with Gasteiger partial charge in [0.25, 0.3) is 0 Å². The Labute approximate surface area is 140 Å². The molecular weight excluding hydrogens is 339 g/mol. The Bertz CT molecular complexity index is 432. The van der Waals surface area contributed by atoms with Crippen molar-refractivity contribution >= 4 is 53.3 Å². The predicted octanol–water partition coefficient (Wildman–Crippen LogP) is 3.37. The molecule has 0 saturated heterocycles. The van der Waals surface area contributed by atoms with E-state index in [-0.39, 0.29) is 24.4 Å². The molecule has 0 saturated carbocycles. The minimum absolute atomic E-state index is 0. The number of nitrogens with one attached hydrogen (secondary N) is 2. The number of thioether (sulfide) groups is 1. The molecule has 3 nitrogen and oxygen atoms in total. The molecule has 1 amide bonds. The van der Waals surface area contributed by atoms with Crippen LogP contribution in [0, 0.1) is 0 Å². The summed E-state index contributed by atoms with van der Waals surface area (Å²) in [7, 11) is 1.87. The molecule has 0 fully saturated rings. The molecular formula is C13H19Cl3N2OS. The van der Waals surface area contributed by atoms with Crippen molar-refractivity contribution in [2.75, 3.05) is 19.3 Å². The smallest absolute Gasteiger partial charge is 0.230 e. The van der Waals surface area contributed by atoms with Crippen LogP contribution in [0.4, 0.5) is 0 Å². The van der Waals surface area contributed by atoms with Crippen molar-refractivity contribution in [3.05, 3.63) is 33.8 Å². The number of carbonyl (C=O) groups excluding carboxylic acids is 1. The van der Waals surface area contributed by atoms with Crippen LogP contribution in [-0.2, 0) is 10.5 Å². The predicted molar refractivity (Wildman–Crippen MR) is 91.4 cm³/mol. The van der Waals surface area contributed by atoms with Crippen LogP contribution in [0.2, 0.25) is 10.0 Å². The molecule has 1 rings (SSSR count). The van der Waals surface area contributed by atoms with Gasteiger partial charge in [-0.2, -0.15) is 0 Å². The second-order valence-electron chi connectivity index (χ2n) is 4.22. The van der Waals surface area contributed by atoms with E-state index in [9.17, 15) is 4.79 Å². The summed E-state index contributed by atoms with van der Waals surface area (Å²) in [5.41, 5.74) is 0.993. The third-order valence-electron chi connectivity index (χ3n) is 2.60. The van der Waals surface area contributed by atoms with E-state index in [0.29, 0.717) is 28.1 Å². The Morgan fingerprint density at radius 3 is 2.70 bits per heavy atom. The lowest BCUT2D eigenvalue weighted by atomic mass is 10.2. The number of halogens is 3. The van der Waals surface area contributed by atoms with Gasteiger partial charge in [0.15, 0.2) is 0 Å². The van der Waals surface area contributed by atoms with Gasteiger partial charge < -0.3 is 10.6 Å². The second-order valence-corrected chi connectivity index (χ2v) is 6.05. The molecule has 0 spiro atoms. The maximum Gasteiger partial charge on any atom is 0.230 e. The van der Waals surface area contributed by atoms with Gasteiger partial charge in [-0.25, -0.2) is 0 Å². The molecule has 7 heteroatoms. The van der Waals surface area contributed by atoms with E-state index in [4.69, 9.17) is 23.2 Å². The lowest BCUT2D eigenvalue weighted by Crippen LogP contribution is -2.37. The van der Waals surface area contributed by atoms with E-state index in [0.717, 1.165) is 5.56 Å². The van der Waals surface area contributed by atoms with Gasteiger partial charge in [-0.05, 0) is 31.7 Å². The number of rotatable bonds is 7. The van der Waals surface area contributed by atoms with Crippen LogP contribution in [0.15, 0.2) is 18.2 Å². The van der Waals surface area contributed by atoms with Gasteiger partial charge in [-0.3, -0.25) is 4.79 Å². The molecule has 0 aromatic heterocycles. The van der Waals surface area contributed by atoms with Crippen molar-refractivity contribution in [2.24, 2.45) is 0 Å². The van der Waals surface area contributed by atoms with E-state index in [1.165, 1.54) is 11.8 Å². The van der Waals surface area contributed by atoms with Gasteiger partial charge in [0.1, 0.15) is 0 Å². The summed E-state index contributed by atoms with van der Waals surface area (Å²) >= 11 is 13.4. The van der Waals surface area contributed by atoms with Crippen molar-refractivity contribution in [1.82, 2.24) is 10.6 Å². The highest BCUT2D eigenvalue weighted by molar-refractivity contribution is 7.99. The van der Waals surface area contributed by atoms with Gasteiger partial charge in [-0.1, -0.05) is 29.3 Å². The Kier molecular flexibility index (Phi) is 10.5. The Hall–Kier alpha value is -0.130. The Morgan fingerprint density at radius 1 is 1.40 bits per heavy atom. The second kappa shape index (κ2) is 10.6. The lowest BCUT2D eigenvalue weighted by Gasteiger charge is -2.11. The number of likely N-dealkylation sites (N-methyl/N-ethyl adjacent to an activating group) is 1. The highest BCUT2D eigenvalue weighted by atomic mass is 35.5. The number of amides is 1. The molecule has 114 valence electrons. The first-order valence-corrected chi connectivity index (χ1v) is 7.89. The first-order valence-electron chi connectivity index (χ1n) is 5.98. The van der Waals surface area contributed by atoms with Crippen molar-refractivity contribution in [1.29, 1.82) is 0 Å². The number of hydrogen-bond donors (Lipinski definition) is 2. The molecule has 1 unspecified atom stereocenters. The fourth-order valence-corrected chi connectivity index (χ4v) is 2.73. The van der Waals surface area contributed by atoms with Gasteiger partial charge in [0, 0.05) is 28.4 Å². The zero-order valence-electron chi connectivity index (χ0n) is 11.4. The summed E-state index contributed by atoms with van der Waals surface area (Å²) in [6.07, 6.45) is 0. The third-order valence-corrected chi connectivity index (χ3v) is 4.17. The van der Waals surface area contributed by atoms with Crippen LogP contribution in [0.5, 0.6) is 0 Å². The number of hydrogen-bond acceptors (Lipinski definition) is 3. The molecule has 1 aromatic carbocycles. The molecule has 0 heterocycles. The van der Waals surface area contributed by atoms with Gasteiger partial charge in [0.05, 0.1) is 5.75 Å². The van der Waals surface area contributed by atoms with E-state index in [1.54, 1.807) is 12.1 Å². The average molecular weight is 358 g/mol. The van der Waals surface area contributed by atoms with Crippen molar-refractivity contribution < 1.29 is 4.79 Å². The van der Waals surface area contributed by atoms with Gasteiger partial charge in [0.2, 0.25) is 5.91 Å². The topological polar surface area (TPSA) is 41.1 Å². The minimum atomic E-state index is 0. The van der Waals surface area contributed by atoms with E-state index < -0.39 is 0 Å². The average Bonchev–Trinajstić information content (AvgIpc) is 2.38. The molecule has 0 radical (unpaired) electrons. The molecule has 1 aromatic rings. The first kappa shape index (κ1) is 19.9. The molecule has 2 N–H and O–H groups in total. The maximum absolute atomic E-state index is 11.6. The zero-order valence-corrected chi connectivity index (χ0v) is 14.6. The van der Waals surface area contributed by atoms with E-state index in [1.807, 2.05) is 20.0 Å². The first-order chi connectivity index (χ1) is 9.02. The van der Waals surface area contributed by atoms with Crippen LogP contribution in [0.3, 0.4) is 0 Å². The van der Waals surface area contributed by atoms with E-state index in [2.05, 4.69) is 10.6 Å². The van der Waals surface area contributed by atoms with Gasteiger partial charge >= 0.3 is 0 Å². The highest BCUT2D eigenvalue weighted by Crippen LogP contribution is 2.24. The molecule has 0 aliphatic carbocycles. The third kappa shape index (κ3) is 7.60. The van der Waals surface area contributed by atoms with Crippen LogP contribution >= 0.6 is 47.4 Å². The maximum atomic E-state index is 11.6. The normalized spacial score (nSPS) is 11.6. The summed E-state index contributed by atoms with van der Waals surface area (Å²) in [4.78, 5) is 11.6. The summed E-state index contributed by atoms with van der Waals surface area (Å²) in [5, 5.41) is 7.20. The van der Waals surface area contributed by atoms with Crippen LogP contribution in [0.1, 0.15) is 12.5 Å². The lowest BCUT2D eigenvalue weighted by molar-refractivity contribution is -0.118. The zero-order chi connectivity index (χ0) is 14.3. The Balaban J connectivity index is 0.00000361. The van der Waals surface area contributed by atoms with Crippen molar-refractivity contribution in [3.8, 4) is 0 Å². The molecule has 1 atom stereocenters. The highest BCUT2D eigenvalue weighted by Gasteiger charge is 2.06. The molecule has 20 heavy (non-hydrogen) atoms. The SMILES string of the molecule is CNC(C)CNC(=O)CSCc1ccc(Cl)cc1Cl.Cl. The molecule has 0 aliphatic rings. The van der Waals surface area contributed by atoms with Crippen molar-refractivity contribution in [3.63, 3.8) is 0 Å². The largest absolute Gasteiger partial charge is 0.354 e. The fourth-order valence-electron chi connectivity index (χ4n) is 1.31. The summed E-state index contributed by atoms with van der Waals surface area (Å²) in [6.45, 7) is 2.65. The molecule has 0 aliphatic heterocycles. The van der Waals surface area contributed by atoms with Crippen LogP contribution < -0.4 is 10.6 Å². The van der Waals surface area contributed by atoms with Gasteiger partial charge in [-0.15, -0.1) is 24.2 Å². The fraction of sp³-hybridized carbons (Fsp3) is 0.462. The Morgan fingerprint density at radius 2 is 2.10 bits per heavy atom. The van der Waals surface area contributed by atoms with Crippen LogP contribution in [-0.4, -0.2) is 31.3 Å². The summed E-state index contributed by atoms with van der Waals surface area (Å²) < 4.78 is 0. The number of carbonyl (C=O) groups is 1. The van der Waals surface area contributed by atoms with E-state index >= 15 is 0 Å². The minimum Gasteiger partial charge on any atom is -0.354 e. The molecule has 0 bridgehead atoms. The quantitative estimate of drug-likeness (QED) is 0.786.